The molecular formula is C10H16O3. The standard InChI is InChI=1S/C10H16O3/c1-12-8-5-3-4-7-6-10(7,8)9(11)13-2/h7-8H,3-6H2,1-2H3/t7-,8+,10-/m0/s1. The van der Waals surface area contributed by atoms with Gasteiger partial charge in [-0.2, -0.15) is 0 Å². The molecule has 2 fully saturated rings. The molecule has 0 heterocycles. The number of esters is 1. The Kier molecular flexibility index (Phi) is 2.06. The fraction of sp³-hybridized carbons (Fsp3) is 0.900. The molecule has 2 saturated carbocycles. The molecule has 2 rings (SSSR count). The van der Waals surface area contributed by atoms with Crippen LogP contribution in [-0.4, -0.2) is 26.3 Å². The molecule has 2 aliphatic carbocycles. The van der Waals surface area contributed by atoms with E-state index in [1.54, 1.807) is 7.11 Å². The van der Waals surface area contributed by atoms with Gasteiger partial charge in [0.05, 0.1) is 18.6 Å². The third-order valence-corrected chi connectivity index (χ3v) is 3.60. The van der Waals surface area contributed by atoms with Crippen LogP contribution in [0.25, 0.3) is 0 Å². The van der Waals surface area contributed by atoms with Crippen LogP contribution in [0.15, 0.2) is 0 Å². The highest BCUT2D eigenvalue weighted by molar-refractivity contribution is 5.81. The van der Waals surface area contributed by atoms with Crippen molar-refractivity contribution in [3.8, 4) is 0 Å². The molecule has 3 nitrogen and oxygen atoms in total. The summed E-state index contributed by atoms with van der Waals surface area (Å²) in [7, 11) is 3.16. The number of carbonyl (C=O) groups is 1. The highest BCUT2D eigenvalue weighted by Crippen LogP contribution is 2.62. The molecule has 74 valence electrons. The van der Waals surface area contributed by atoms with Gasteiger partial charge in [-0.15, -0.1) is 0 Å². The summed E-state index contributed by atoms with van der Waals surface area (Å²) in [5.41, 5.74) is -0.262. The second-order valence-electron chi connectivity index (χ2n) is 4.09. The van der Waals surface area contributed by atoms with Gasteiger partial charge < -0.3 is 9.47 Å². The molecule has 3 atom stereocenters. The second kappa shape index (κ2) is 2.98. The number of hydrogen-bond acceptors (Lipinski definition) is 3. The Labute approximate surface area is 78.4 Å². The lowest BCUT2D eigenvalue weighted by molar-refractivity contribution is -0.155. The zero-order chi connectivity index (χ0) is 9.47. The van der Waals surface area contributed by atoms with Gasteiger partial charge >= 0.3 is 5.97 Å². The van der Waals surface area contributed by atoms with E-state index in [2.05, 4.69) is 0 Å². The van der Waals surface area contributed by atoms with Crippen molar-refractivity contribution in [1.82, 2.24) is 0 Å². The third-order valence-electron chi connectivity index (χ3n) is 3.60. The monoisotopic (exact) mass is 184 g/mol. The van der Waals surface area contributed by atoms with Gasteiger partial charge in [0.1, 0.15) is 0 Å². The minimum atomic E-state index is -0.262. The summed E-state index contributed by atoms with van der Waals surface area (Å²) in [6.45, 7) is 0. The van der Waals surface area contributed by atoms with E-state index in [4.69, 9.17) is 9.47 Å². The number of fused-ring (bicyclic) bond motifs is 1. The van der Waals surface area contributed by atoms with E-state index >= 15 is 0 Å². The van der Waals surface area contributed by atoms with E-state index in [9.17, 15) is 4.79 Å². The molecule has 0 aromatic rings. The molecule has 2 aliphatic rings. The molecule has 3 heteroatoms. The normalized spacial score (nSPS) is 42.3. The molecule has 0 aromatic carbocycles. The molecule has 0 aromatic heterocycles. The first-order chi connectivity index (χ1) is 6.25. The van der Waals surface area contributed by atoms with Crippen LogP contribution in [0.5, 0.6) is 0 Å². The Morgan fingerprint density at radius 1 is 1.38 bits per heavy atom. The van der Waals surface area contributed by atoms with Crippen LogP contribution >= 0.6 is 0 Å². The predicted octanol–water partition coefficient (Wildman–Crippen LogP) is 1.36. The predicted molar refractivity (Wildman–Crippen MR) is 47.2 cm³/mol. The molecular weight excluding hydrogens is 168 g/mol. The Bertz CT molecular complexity index is 226. The number of carbonyl (C=O) groups excluding carboxylic acids is 1. The average Bonchev–Trinajstić information content (AvgIpc) is 2.91. The lowest BCUT2D eigenvalue weighted by Gasteiger charge is -2.28. The van der Waals surface area contributed by atoms with Crippen LogP contribution in [0.3, 0.4) is 0 Å². The van der Waals surface area contributed by atoms with Gasteiger partial charge in [-0.3, -0.25) is 4.79 Å². The Morgan fingerprint density at radius 2 is 2.15 bits per heavy atom. The molecule has 0 aliphatic heterocycles. The van der Waals surface area contributed by atoms with Crippen LogP contribution in [0.2, 0.25) is 0 Å². The fourth-order valence-electron chi connectivity index (χ4n) is 2.81. The Hall–Kier alpha value is -0.570. The number of rotatable bonds is 2. The third kappa shape index (κ3) is 1.10. The maximum absolute atomic E-state index is 11.6. The van der Waals surface area contributed by atoms with Crippen molar-refractivity contribution >= 4 is 5.97 Å². The van der Waals surface area contributed by atoms with Gasteiger partial charge in [-0.1, -0.05) is 6.42 Å². The van der Waals surface area contributed by atoms with Crippen LogP contribution in [0.1, 0.15) is 25.7 Å². The molecule has 0 amide bonds. The largest absolute Gasteiger partial charge is 0.469 e. The van der Waals surface area contributed by atoms with Crippen molar-refractivity contribution in [3.63, 3.8) is 0 Å². The summed E-state index contributed by atoms with van der Waals surface area (Å²) in [6.07, 6.45) is 4.41. The van der Waals surface area contributed by atoms with Crippen LogP contribution < -0.4 is 0 Å². The highest BCUT2D eigenvalue weighted by atomic mass is 16.5. The number of methoxy groups -OCH3 is 2. The molecule has 0 radical (unpaired) electrons. The van der Waals surface area contributed by atoms with Gasteiger partial charge in [0, 0.05) is 7.11 Å². The smallest absolute Gasteiger partial charge is 0.314 e. The van der Waals surface area contributed by atoms with E-state index < -0.39 is 0 Å². The average molecular weight is 184 g/mol. The van der Waals surface area contributed by atoms with Crippen LogP contribution in [-0.2, 0) is 14.3 Å². The van der Waals surface area contributed by atoms with Crippen molar-refractivity contribution in [2.75, 3.05) is 14.2 Å². The first-order valence-electron chi connectivity index (χ1n) is 4.87. The van der Waals surface area contributed by atoms with E-state index in [1.807, 2.05) is 0 Å². The molecule has 0 unspecified atom stereocenters. The van der Waals surface area contributed by atoms with E-state index in [1.165, 1.54) is 13.5 Å². The van der Waals surface area contributed by atoms with E-state index in [0.29, 0.717) is 5.92 Å². The lowest BCUT2D eigenvalue weighted by atomic mass is 9.85. The van der Waals surface area contributed by atoms with Crippen molar-refractivity contribution in [3.05, 3.63) is 0 Å². The zero-order valence-corrected chi connectivity index (χ0v) is 8.21. The first kappa shape index (κ1) is 9.00. The van der Waals surface area contributed by atoms with Crippen molar-refractivity contribution in [2.24, 2.45) is 11.3 Å². The SMILES string of the molecule is COC(=O)[C@@]12C[C@@H]1CCC[C@H]2OC. The Balaban J connectivity index is 2.16. The minimum absolute atomic E-state index is 0.0657. The zero-order valence-electron chi connectivity index (χ0n) is 8.21. The van der Waals surface area contributed by atoms with Gasteiger partial charge in [0.15, 0.2) is 0 Å². The van der Waals surface area contributed by atoms with Gasteiger partial charge in [0.2, 0.25) is 0 Å². The maximum Gasteiger partial charge on any atom is 0.314 e. The molecule has 0 spiro atoms. The number of hydrogen-bond donors (Lipinski definition) is 0. The van der Waals surface area contributed by atoms with Crippen LogP contribution in [0, 0.1) is 11.3 Å². The summed E-state index contributed by atoms with van der Waals surface area (Å²) in [5.74, 6) is 0.461. The maximum atomic E-state index is 11.6. The topological polar surface area (TPSA) is 35.5 Å². The summed E-state index contributed by atoms with van der Waals surface area (Å²) in [4.78, 5) is 11.6. The highest BCUT2D eigenvalue weighted by Gasteiger charge is 2.66. The van der Waals surface area contributed by atoms with E-state index in [0.717, 1.165) is 19.3 Å². The molecule has 0 N–H and O–H groups in total. The fourth-order valence-corrected chi connectivity index (χ4v) is 2.81. The summed E-state index contributed by atoms with van der Waals surface area (Å²) < 4.78 is 10.2. The van der Waals surface area contributed by atoms with E-state index in [-0.39, 0.29) is 17.5 Å². The van der Waals surface area contributed by atoms with Gasteiger partial charge in [0.25, 0.3) is 0 Å². The molecule has 0 bridgehead atoms. The summed E-state index contributed by atoms with van der Waals surface area (Å²) in [6, 6.07) is 0. The summed E-state index contributed by atoms with van der Waals surface area (Å²) >= 11 is 0. The van der Waals surface area contributed by atoms with Crippen molar-refractivity contribution in [1.29, 1.82) is 0 Å². The molecule has 0 saturated heterocycles. The van der Waals surface area contributed by atoms with Crippen molar-refractivity contribution < 1.29 is 14.3 Å². The van der Waals surface area contributed by atoms with Gasteiger partial charge in [-0.05, 0) is 25.2 Å². The minimum Gasteiger partial charge on any atom is -0.469 e. The second-order valence-corrected chi connectivity index (χ2v) is 4.09. The quantitative estimate of drug-likeness (QED) is 0.608. The first-order valence-corrected chi connectivity index (χ1v) is 4.87. The molecule has 13 heavy (non-hydrogen) atoms. The lowest BCUT2D eigenvalue weighted by Crippen LogP contribution is -2.36. The summed E-state index contributed by atoms with van der Waals surface area (Å²) in [5, 5.41) is 0. The number of ether oxygens (including phenoxy) is 2. The van der Waals surface area contributed by atoms with Crippen molar-refractivity contribution in [2.45, 2.75) is 31.8 Å². The van der Waals surface area contributed by atoms with Gasteiger partial charge in [-0.25, -0.2) is 0 Å². The Morgan fingerprint density at radius 3 is 2.77 bits per heavy atom. The van der Waals surface area contributed by atoms with Crippen LogP contribution in [0.4, 0.5) is 0 Å².